The van der Waals surface area contributed by atoms with Crippen molar-refractivity contribution in [3.8, 4) is 11.6 Å². The third-order valence-electron chi connectivity index (χ3n) is 5.59. The monoisotopic (exact) mass is 470 g/mol. The molecule has 0 aliphatic carbocycles. The number of nitrogens with one attached hydrogen (secondary N) is 1. The second-order valence-corrected chi connectivity index (χ2v) is 9.79. The maximum absolute atomic E-state index is 12.9. The van der Waals surface area contributed by atoms with Crippen molar-refractivity contribution in [3.05, 3.63) is 65.9 Å². The number of phenolic OH excluding ortho intramolecular Hbond substituents is 1. The number of piperazine rings is 1. The van der Waals surface area contributed by atoms with Crippen molar-refractivity contribution in [2.45, 2.75) is 25.3 Å². The molecule has 0 bridgehead atoms. The van der Waals surface area contributed by atoms with Crippen molar-refractivity contribution in [3.63, 3.8) is 0 Å². The molecule has 1 aromatic carbocycles. The van der Waals surface area contributed by atoms with Gasteiger partial charge in [0, 0.05) is 51.3 Å². The van der Waals surface area contributed by atoms with E-state index in [2.05, 4.69) is 15.3 Å². The molecule has 1 saturated heterocycles. The molecule has 0 radical (unpaired) electrons. The predicted molar refractivity (Wildman–Crippen MR) is 122 cm³/mol. The Bertz CT molecular complexity index is 1270. The summed E-state index contributed by atoms with van der Waals surface area (Å²) in [4.78, 5) is 22.7. The van der Waals surface area contributed by atoms with Crippen LogP contribution in [-0.2, 0) is 16.6 Å². The van der Waals surface area contributed by atoms with Crippen molar-refractivity contribution in [2.24, 2.45) is 0 Å². The summed E-state index contributed by atoms with van der Waals surface area (Å²) in [6, 6.07) is 7.94. The Hall–Kier alpha value is -3.44. The van der Waals surface area contributed by atoms with E-state index in [1.165, 1.54) is 16.4 Å². The average Bonchev–Trinajstić information content (AvgIpc) is 3.25. The van der Waals surface area contributed by atoms with Gasteiger partial charge in [0.1, 0.15) is 22.3 Å². The first-order chi connectivity index (χ1) is 15.8. The molecule has 0 spiro atoms. The minimum atomic E-state index is -3.84. The van der Waals surface area contributed by atoms with Gasteiger partial charge in [0.05, 0.1) is 0 Å². The number of aromatic nitrogens is 3. The van der Waals surface area contributed by atoms with E-state index in [4.69, 9.17) is 0 Å². The number of pyridine rings is 1. The first-order valence-electron chi connectivity index (χ1n) is 10.5. The van der Waals surface area contributed by atoms with Crippen LogP contribution in [0.2, 0.25) is 0 Å². The van der Waals surface area contributed by atoms with E-state index in [0.29, 0.717) is 6.54 Å². The van der Waals surface area contributed by atoms with Gasteiger partial charge in [-0.15, -0.1) is 0 Å². The van der Waals surface area contributed by atoms with Gasteiger partial charge in [-0.1, -0.05) is 6.07 Å². The Morgan fingerprint density at radius 2 is 1.82 bits per heavy atom. The molecule has 11 heteroatoms. The number of benzene rings is 1. The van der Waals surface area contributed by atoms with Crippen LogP contribution in [0, 0.1) is 13.8 Å². The third-order valence-corrected chi connectivity index (χ3v) is 7.51. The molecular formula is C22H26N6O4S. The van der Waals surface area contributed by atoms with E-state index >= 15 is 0 Å². The standard InChI is InChI=1S/C22H26N6O4S/c1-16-3-4-19(29)20(13-16)33(31,32)27-11-9-26(10-12-27)22(30)25-15-18-5-6-24-21(14-18)28-8-7-23-17(28)2/h3-8,13-14,29H,9-12,15H2,1-2H3,(H,25,30). The molecule has 10 nitrogen and oxygen atoms in total. The van der Waals surface area contributed by atoms with E-state index in [0.717, 1.165) is 22.8 Å². The number of phenols is 1. The number of urea groups is 1. The van der Waals surface area contributed by atoms with Gasteiger partial charge >= 0.3 is 6.03 Å². The second kappa shape index (κ2) is 9.20. The lowest BCUT2D eigenvalue weighted by Gasteiger charge is -2.34. The molecule has 3 aromatic rings. The van der Waals surface area contributed by atoms with E-state index < -0.39 is 10.0 Å². The number of carbonyl (C=O) groups is 1. The molecule has 0 saturated carbocycles. The molecule has 174 valence electrons. The van der Waals surface area contributed by atoms with Gasteiger partial charge in [-0.25, -0.2) is 23.2 Å². The number of imidazole rings is 1. The summed E-state index contributed by atoms with van der Waals surface area (Å²) in [5, 5.41) is 12.9. The van der Waals surface area contributed by atoms with Crippen LogP contribution in [-0.4, -0.2) is 69.5 Å². The van der Waals surface area contributed by atoms with E-state index in [9.17, 15) is 18.3 Å². The van der Waals surface area contributed by atoms with Crippen LogP contribution in [0.15, 0.2) is 53.8 Å². The lowest BCUT2D eigenvalue weighted by Crippen LogP contribution is -2.52. The van der Waals surface area contributed by atoms with Crippen molar-refractivity contribution in [1.29, 1.82) is 0 Å². The van der Waals surface area contributed by atoms with Gasteiger partial charge in [-0.05, 0) is 49.2 Å². The molecular weight excluding hydrogens is 444 g/mol. The van der Waals surface area contributed by atoms with E-state index in [-0.39, 0.29) is 42.9 Å². The Labute approximate surface area is 192 Å². The highest BCUT2D eigenvalue weighted by atomic mass is 32.2. The minimum absolute atomic E-state index is 0.109. The van der Waals surface area contributed by atoms with Gasteiger partial charge in [-0.3, -0.25) is 4.57 Å². The van der Waals surface area contributed by atoms with Crippen LogP contribution in [0.1, 0.15) is 17.0 Å². The third kappa shape index (κ3) is 4.83. The van der Waals surface area contributed by atoms with Crippen molar-refractivity contribution >= 4 is 16.1 Å². The van der Waals surface area contributed by atoms with Crippen molar-refractivity contribution in [2.75, 3.05) is 26.2 Å². The number of aromatic hydroxyl groups is 1. The first-order valence-corrected chi connectivity index (χ1v) is 12.0. The van der Waals surface area contributed by atoms with Crippen LogP contribution in [0.25, 0.3) is 5.82 Å². The van der Waals surface area contributed by atoms with Gasteiger partial charge in [0.2, 0.25) is 10.0 Å². The molecule has 2 amide bonds. The quantitative estimate of drug-likeness (QED) is 0.587. The van der Waals surface area contributed by atoms with Crippen molar-refractivity contribution < 1.29 is 18.3 Å². The van der Waals surface area contributed by atoms with Crippen LogP contribution in [0.3, 0.4) is 0 Å². The van der Waals surface area contributed by atoms with Gasteiger partial charge in [0.25, 0.3) is 0 Å². The molecule has 0 atom stereocenters. The van der Waals surface area contributed by atoms with Gasteiger partial charge < -0.3 is 15.3 Å². The molecule has 3 heterocycles. The first kappa shape index (κ1) is 22.7. The Morgan fingerprint density at radius 1 is 1.06 bits per heavy atom. The molecule has 2 N–H and O–H groups in total. The van der Waals surface area contributed by atoms with Crippen LogP contribution < -0.4 is 5.32 Å². The fourth-order valence-electron chi connectivity index (χ4n) is 3.71. The largest absolute Gasteiger partial charge is 0.507 e. The Morgan fingerprint density at radius 3 is 2.52 bits per heavy atom. The summed E-state index contributed by atoms with van der Waals surface area (Å²) in [7, 11) is -3.84. The number of carbonyl (C=O) groups excluding carboxylic acids is 1. The summed E-state index contributed by atoms with van der Waals surface area (Å²) in [6.07, 6.45) is 5.20. The van der Waals surface area contributed by atoms with Crippen molar-refractivity contribution in [1.82, 2.24) is 29.1 Å². The molecule has 1 fully saturated rings. The highest BCUT2D eigenvalue weighted by Gasteiger charge is 2.31. The lowest BCUT2D eigenvalue weighted by molar-refractivity contribution is 0.172. The molecule has 1 aliphatic rings. The zero-order valence-electron chi connectivity index (χ0n) is 18.5. The van der Waals surface area contributed by atoms with Crippen LogP contribution in [0.4, 0.5) is 4.79 Å². The zero-order chi connectivity index (χ0) is 23.6. The normalized spacial score (nSPS) is 14.9. The number of amides is 2. The lowest BCUT2D eigenvalue weighted by atomic mass is 10.2. The maximum atomic E-state index is 12.9. The number of hydrogen-bond acceptors (Lipinski definition) is 6. The number of aryl methyl sites for hydroxylation is 2. The summed E-state index contributed by atoms with van der Waals surface area (Å²) < 4.78 is 29.0. The predicted octanol–water partition coefficient (Wildman–Crippen LogP) is 1.81. The summed E-state index contributed by atoms with van der Waals surface area (Å²) in [6.45, 7) is 4.79. The SMILES string of the molecule is Cc1ccc(O)c(S(=O)(=O)N2CCN(C(=O)NCc3ccnc(-n4ccnc4C)c3)CC2)c1. The average molecular weight is 471 g/mol. The molecule has 0 unspecified atom stereocenters. The fraction of sp³-hybridized carbons (Fsp3) is 0.318. The minimum Gasteiger partial charge on any atom is -0.507 e. The number of sulfonamides is 1. The number of hydrogen-bond donors (Lipinski definition) is 2. The van der Waals surface area contributed by atoms with Gasteiger partial charge in [0.15, 0.2) is 0 Å². The highest BCUT2D eigenvalue weighted by molar-refractivity contribution is 7.89. The zero-order valence-corrected chi connectivity index (χ0v) is 19.3. The fourth-order valence-corrected chi connectivity index (χ4v) is 5.30. The van der Waals surface area contributed by atoms with E-state index in [1.54, 1.807) is 30.3 Å². The summed E-state index contributed by atoms with van der Waals surface area (Å²) >= 11 is 0. The summed E-state index contributed by atoms with van der Waals surface area (Å²) in [5.74, 6) is 1.26. The summed E-state index contributed by atoms with van der Waals surface area (Å²) in [5.41, 5.74) is 1.63. The van der Waals surface area contributed by atoms with Gasteiger partial charge in [-0.2, -0.15) is 4.31 Å². The molecule has 4 rings (SSSR count). The molecule has 1 aliphatic heterocycles. The Kier molecular flexibility index (Phi) is 6.34. The number of rotatable bonds is 5. The molecule has 33 heavy (non-hydrogen) atoms. The molecule has 2 aromatic heterocycles. The Balaban J connectivity index is 1.35. The van der Waals surface area contributed by atoms with Crippen LogP contribution in [0.5, 0.6) is 5.75 Å². The van der Waals surface area contributed by atoms with E-state index in [1.807, 2.05) is 29.8 Å². The smallest absolute Gasteiger partial charge is 0.317 e. The topological polar surface area (TPSA) is 121 Å². The maximum Gasteiger partial charge on any atom is 0.317 e. The highest BCUT2D eigenvalue weighted by Crippen LogP contribution is 2.27. The van der Waals surface area contributed by atoms with Crippen LogP contribution >= 0.6 is 0 Å². The second-order valence-electron chi connectivity index (χ2n) is 7.89. The number of nitrogens with zero attached hydrogens (tertiary/aromatic N) is 5.